The monoisotopic (exact) mass is 388 g/mol. The third-order valence-electron chi connectivity index (χ3n) is 5.27. The van der Waals surface area contributed by atoms with Crippen LogP contribution in [0.4, 0.5) is 0 Å². The average molecular weight is 389 g/mol. The number of allylic oxidation sites excluding steroid dienone is 2. The molecule has 0 N–H and O–H groups in total. The van der Waals surface area contributed by atoms with Gasteiger partial charge in [0.2, 0.25) is 0 Å². The van der Waals surface area contributed by atoms with E-state index in [0.29, 0.717) is 19.4 Å². The zero-order valence-electron chi connectivity index (χ0n) is 17.5. The van der Waals surface area contributed by atoms with Crippen LogP contribution in [0, 0.1) is 11.8 Å². The van der Waals surface area contributed by atoms with Gasteiger partial charge in [-0.15, -0.1) is 0 Å². The minimum absolute atomic E-state index is 0. The average Bonchev–Trinajstić information content (AvgIpc) is 2.65. The quantitative estimate of drug-likeness (QED) is 0.196. The third-order valence-corrected chi connectivity index (χ3v) is 5.27. The SMILES string of the molecule is CCCCCCC/C=C/CCCCCOC(=O)C1CCCCC1C(=O)[O-].[Na+]. The Balaban J connectivity index is 0.00000676. The first-order valence-corrected chi connectivity index (χ1v) is 10.7. The molecule has 0 heterocycles. The molecule has 1 aliphatic rings. The molecule has 1 fully saturated rings. The molecule has 0 aromatic carbocycles. The van der Waals surface area contributed by atoms with Crippen LogP contribution in [0.3, 0.4) is 0 Å². The summed E-state index contributed by atoms with van der Waals surface area (Å²) < 4.78 is 5.31. The molecule has 1 saturated carbocycles. The molecule has 27 heavy (non-hydrogen) atoms. The van der Waals surface area contributed by atoms with Gasteiger partial charge in [0.25, 0.3) is 0 Å². The van der Waals surface area contributed by atoms with Crippen molar-refractivity contribution in [3.8, 4) is 0 Å². The Labute approximate surface area is 187 Å². The van der Waals surface area contributed by atoms with Crippen LogP contribution in [0.25, 0.3) is 0 Å². The molecule has 0 radical (unpaired) electrons. The first kappa shape index (κ1) is 26.7. The summed E-state index contributed by atoms with van der Waals surface area (Å²) in [5.74, 6) is -2.62. The van der Waals surface area contributed by atoms with E-state index < -0.39 is 17.8 Å². The summed E-state index contributed by atoms with van der Waals surface area (Å²) in [6.45, 7) is 2.64. The molecule has 5 heteroatoms. The first-order chi connectivity index (χ1) is 12.7. The zero-order valence-corrected chi connectivity index (χ0v) is 19.5. The molecule has 1 rings (SSSR count). The number of carboxylic acids is 1. The van der Waals surface area contributed by atoms with Gasteiger partial charge in [0, 0.05) is 11.9 Å². The number of hydrogen-bond acceptors (Lipinski definition) is 4. The predicted molar refractivity (Wildman–Crippen MR) is 102 cm³/mol. The Morgan fingerprint density at radius 2 is 1.44 bits per heavy atom. The van der Waals surface area contributed by atoms with Crippen molar-refractivity contribution in [1.29, 1.82) is 0 Å². The maximum atomic E-state index is 12.1. The number of esters is 1. The molecule has 0 saturated heterocycles. The van der Waals surface area contributed by atoms with E-state index in [1.54, 1.807) is 0 Å². The van der Waals surface area contributed by atoms with E-state index in [1.165, 1.54) is 38.5 Å². The summed E-state index contributed by atoms with van der Waals surface area (Å²) in [6.07, 6.45) is 19.3. The van der Waals surface area contributed by atoms with Gasteiger partial charge in [-0.2, -0.15) is 0 Å². The Morgan fingerprint density at radius 3 is 2.04 bits per heavy atom. The maximum Gasteiger partial charge on any atom is 1.00 e. The van der Waals surface area contributed by atoms with E-state index in [0.717, 1.165) is 38.5 Å². The Kier molecular flexibility index (Phi) is 17.5. The van der Waals surface area contributed by atoms with Gasteiger partial charge < -0.3 is 14.6 Å². The van der Waals surface area contributed by atoms with E-state index >= 15 is 0 Å². The maximum absolute atomic E-state index is 12.1. The second-order valence-electron chi connectivity index (χ2n) is 7.51. The number of carbonyl (C=O) groups is 2. The molecule has 2 unspecified atom stereocenters. The fourth-order valence-electron chi connectivity index (χ4n) is 3.62. The van der Waals surface area contributed by atoms with Crippen LogP contribution in [0.2, 0.25) is 0 Å². The van der Waals surface area contributed by atoms with Crippen LogP contribution in [0.15, 0.2) is 12.2 Å². The minimum atomic E-state index is -1.11. The Hall–Kier alpha value is -0.320. The number of ether oxygens (including phenoxy) is 1. The molecular weight excluding hydrogens is 351 g/mol. The molecule has 0 aliphatic heterocycles. The van der Waals surface area contributed by atoms with Crippen LogP contribution < -0.4 is 34.7 Å². The molecule has 0 spiro atoms. The second kappa shape index (κ2) is 17.8. The first-order valence-electron chi connectivity index (χ1n) is 10.7. The Morgan fingerprint density at radius 1 is 0.889 bits per heavy atom. The van der Waals surface area contributed by atoms with Crippen LogP contribution >= 0.6 is 0 Å². The van der Waals surface area contributed by atoms with Gasteiger partial charge in [-0.25, -0.2) is 0 Å². The van der Waals surface area contributed by atoms with Crippen LogP contribution in [0.5, 0.6) is 0 Å². The number of unbranched alkanes of at least 4 members (excludes halogenated alkanes) is 8. The molecule has 4 nitrogen and oxygen atoms in total. The molecule has 150 valence electrons. The number of carbonyl (C=O) groups excluding carboxylic acids is 2. The van der Waals surface area contributed by atoms with Crippen LogP contribution in [-0.4, -0.2) is 18.5 Å². The Bertz CT molecular complexity index is 423. The molecule has 1 aliphatic carbocycles. The van der Waals surface area contributed by atoms with Crippen LogP contribution in [-0.2, 0) is 14.3 Å². The van der Waals surface area contributed by atoms with Crippen molar-refractivity contribution in [2.45, 2.75) is 96.8 Å². The number of rotatable bonds is 14. The summed E-state index contributed by atoms with van der Waals surface area (Å²) >= 11 is 0. The zero-order chi connectivity index (χ0) is 19.0. The van der Waals surface area contributed by atoms with E-state index in [2.05, 4.69) is 19.1 Å². The molecule has 0 aromatic heterocycles. The minimum Gasteiger partial charge on any atom is -0.550 e. The van der Waals surface area contributed by atoms with Gasteiger partial charge in [0.05, 0.1) is 12.5 Å². The molecule has 2 atom stereocenters. The number of carboxylic acid groups (broad SMARTS) is 1. The molecule has 0 aromatic rings. The fourth-order valence-corrected chi connectivity index (χ4v) is 3.62. The predicted octanol–water partition coefficient (Wildman–Crippen LogP) is 1.57. The summed E-state index contributed by atoms with van der Waals surface area (Å²) in [5, 5.41) is 11.1. The van der Waals surface area contributed by atoms with Crippen molar-refractivity contribution in [3.63, 3.8) is 0 Å². The van der Waals surface area contributed by atoms with Crippen LogP contribution in [0.1, 0.15) is 96.8 Å². The summed E-state index contributed by atoms with van der Waals surface area (Å²) in [6, 6.07) is 0. The van der Waals surface area contributed by atoms with E-state index in [-0.39, 0.29) is 35.5 Å². The normalized spacial score (nSPS) is 19.6. The van der Waals surface area contributed by atoms with Crippen molar-refractivity contribution in [2.75, 3.05) is 6.61 Å². The summed E-state index contributed by atoms with van der Waals surface area (Å²) in [7, 11) is 0. The van der Waals surface area contributed by atoms with E-state index in [9.17, 15) is 14.7 Å². The van der Waals surface area contributed by atoms with Gasteiger partial charge in [-0.3, -0.25) is 4.79 Å². The second-order valence-corrected chi connectivity index (χ2v) is 7.51. The van der Waals surface area contributed by atoms with Crippen molar-refractivity contribution in [1.82, 2.24) is 0 Å². The van der Waals surface area contributed by atoms with Gasteiger partial charge in [0.1, 0.15) is 0 Å². The number of aliphatic carboxylic acids is 1. The van der Waals surface area contributed by atoms with Crippen molar-refractivity contribution in [2.24, 2.45) is 11.8 Å². The summed E-state index contributed by atoms with van der Waals surface area (Å²) in [5.41, 5.74) is 0. The van der Waals surface area contributed by atoms with Gasteiger partial charge in [0.15, 0.2) is 0 Å². The third kappa shape index (κ3) is 12.7. The van der Waals surface area contributed by atoms with Gasteiger partial charge in [-0.05, 0) is 51.4 Å². The van der Waals surface area contributed by atoms with Crippen molar-refractivity contribution < 1.29 is 49.0 Å². The molecule has 0 bridgehead atoms. The largest absolute Gasteiger partial charge is 1.00 e. The number of hydrogen-bond donors (Lipinski definition) is 0. The van der Waals surface area contributed by atoms with Crippen molar-refractivity contribution in [3.05, 3.63) is 12.2 Å². The van der Waals surface area contributed by atoms with E-state index in [1.807, 2.05) is 0 Å². The van der Waals surface area contributed by atoms with Gasteiger partial charge in [-0.1, -0.05) is 57.6 Å². The van der Waals surface area contributed by atoms with Gasteiger partial charge >= 0.3 is 35.5 Å². The standard InChI is InChI=1S/C22H38O4.Na/c1-2-3-4-5-6-7-8-9-10-11-12-15-18-26-22(25)20-17-14-13-16-19(20)21(23)24;/h8-9,19-20H,2-7,10-18H2,1H3,(H,23,24);/q;+1/p-1/b9-8+;. The molecule has 0 amide bonds. The van der Waals surface area contributed by atoms with E-state index in [4.69, 9.17) is 4.74 Å². The molecular formula is C22H37NaO4. The fraction of sp³-hybridized carbons (Fsp3) is 0.818. The smallest absolute Gasteiger partial charge is 0.550 e. The van der Waals surface area contributed by atoms with Crippen molar-refractivity contribution >= 4 is 11.9 Å². The summed E-state index contributed by atoms with van der Waals surface area (Å²) in [4.78, 5) is 23.2. The topological polar surface area (TPSA) is 66.4 Å².